The van der Waals surface area contributed by atoms with E-state index in [1.165, 1.54) is 0 Å². The van der Waals surface area contributed by atoms with Gasteiger partial charge in [-0.2, -0.15) is 0 Å². The highest BCUT2D eigenvalue weighted by atomic mass is 79.9. The first kappa shape index (κ1) is 10.1. The fourth-order valence-corrected chi connectivity index (χ4v) is 2.45. The van der Waals surface area contributed by atoms with Gasteiger partial charge in [-0.25, -0.2) is 4.98 Å². The Morgan fingerprint density at radius 1 is 1.43 bits per heavy atom. The maximum absolute atomic E-state index is 5.70. The van der Waals surface area contributed by atoms with Gasteiger partial charge in [-0.3, -0.25) is 0 Å². The summed E-state index contributed by atoms with van der Waals surface area (Å²) in [6, 6.07) is 8.09. The molecule has 0 unspecified atom stereocenters. The maximum Gasteiger partial charge on any atom is 0.108 e. The van der Waals surface area contributed by atoms with Crippen LogP contribution in [0.3, 0.4) is 0 Å². The van der Waals surface area contributed by atoms with Crippen molar-refractivity contribution in [2.24, 2.45) is 0 Å². The Bertz CT molecular complexity index is 441. The van der Waals surface area contributed by atoms with Gasteiger partial charge in [-0.05, 0) is 12.1 Å². The number of hydrogen-bond donors (Lipinski definition) is 0. The Morgan fingerprint density at radius 2 is 2.29 bits per heavy atom. The van der Waals surface area contributed by atoms with E-state index in [0.29, 0.717) is 5.88 Å². The molecule has 2 aromatic rings. The van der Waals surface area contributed by atoms with Crippen LogP contribution >= 0.6 is 38.9 Å². The number of thiazole rings is 1. The third-order valence-corrected chi connectivity index (χ3v) is 3.54. The van der Waals surface area contributed by atoms with Gasteiger partial charge in [0.15, 0.2) is 0 Å². The van der Waals surface area contributed by atoms with Crippen LogP contribution in [0.25, 0.3) is 11.3 Å². The first-order chi connectivity index (χ1) is 6.79. The van der Waals surface area contributed by atoms with E-state index in [4.69, 9.17) is 11.6 Å². The van der Waals surface area contributed by atoms with Crippen molar-refractivity contribution in [3.63, 3.8) is 0 Å². The second kappa shape index (κ2) is 4.43. The zero-order valence-electron chi connectivity index (χ0n) is 7.21. The summed E-state index contributed by atoms with van der Waals surface area (Å²) in [5.74, 6) is 0.485. The minimum absolute atomic E-state index is 0.485. The minimum Gasteiger partial charge on any atom is -0.240 e. The number of benzene rings is 1. The number of rotatable bonds is 2. The van der Waals surface area contributed by atoms with E-state index in [1.807, 2.05) is 29.6 Å². The molecule has 14 heavy (non-hydrogen) atoms. The average molecular weight is 289 g/mol. The number of hydrogen-bond acceptors (Lipinski definition) is 2. The van der Waals surface area contributed by atoms with Crippen LogP contribution in [-0.2, 0) is 5.88 Å². The molecule has 72 valence electrons. The summed E-state index contributed by atoms with van der Waals surface area (Å²) in [5, 5.41) is 2.99. The zero-order chi connectivity index (χ0) is 9.97. The number of aromatic nitrogens is 1. The number of halogens is 2. The summed E-state index contributed by atoms with van der Waals surface area (Å²) in [4.78, 5) is 4.41. The van der Waals surface area contributed by atoms with Gasteiger partial charge in [0.1, 0.15) is 5.01 Å². The predicted molar refractivity (Wildman–Crippen MR) is 64.8 cm³/mol. The molecule has 1 aromatic carbocycles. The van der Waals surface area contributed by atoms with Crippen molar-refractivity contribution in [1.82, 2.24) is 4.98 Å². The Labute approximate surface area is 99.9 Å². The SMILES string of the molecule is ClCc1nc(-c2cccc(Br)c2)cs1. The Kier molecular flexibility index (Phi) is 3.21. The standard InChI is InChI=1S/C10H7BrClNS/c11-8-3-1-2-7(4-8)9-6-14-10(5-12)13-9/h1-4,6H,5H2. The monoisotopic (exact) mass is 287 g/mol. The molecule has 0 spiro atoms. The van der Waals surface area contributed by atoms with E-state index < -0.39 is 0 Å². The van der Waals surface area contributed by atoms with Crippen molar-refractivity contribution < 1.29 is 0 Å². The summed E-state index contributed by atoms with van der Waals surface area (Å²) in [5.41, 5.74) is 2.11. The molecule has 0 aliphatic rings. The molecule has 0 aliphatic heterocycles. The van der Waals surface area contributed by atoms with Crippen LogP contribution in [0.5, 0.6) is 0 Å². The van der Waals surface area contributed by atoms with Crippen LogP contribution in [0.2, 0.25) is 0 Å². The van der Waals surface area contributed by atoms with E-state index in [9.17, 15) is 0 Å². The highest BCUT2D eigenvalue weighted by Gasteiger charge is 2.03. The lowest BCUT2D eigenvalue weighted by molar-refractivity contribution is 1.26. The van der Waals surface area contributed by atoms with Gasteiger partial charge >= 0.3 is 0 Å². The van der Waals surface area contributed by atoms with Gasteiger partial charge in [-0.15, -0.1) is 22.9 Å². The normalized spacial score (nSPS) is 10.4. The van der Waals surface area contributed by atoms with Crippen molar-refractivity contribution in [2.75, 3.05) is 0 Å². The van der Waals surface area contributed by atoms with Gasteiger partial charge in [-0.1, -0.05) is 28.1 Å². The molecular weight excluding hydrogens is 282 g/mol. The largest absolute Gasteiger partial charge is 0.240 e. The highest BCUT2D eigenvalue weighted by Crippen LogP contribution is 2.25. The Balaban J connectivity index is 2.39. The smallest absolute Gasteiger partial charge is 0.108 e. The van der Waals surface area contributed by atoms with Gasteiger partial charge < -0.3 is 0 Å². The van der Waals surface area contributed by atoms with Crippen LogP contribution in [-0.4, -0.2) is 4.98 Å². The van der Waals surface area contributed by atoms with Crippen LogP contribution < -0.4 is 0 Å². The van der Waals surface area contributed by atoms with Crippen LogP contribution in [0.4, 0.5) is 0 Å². The molecule has 0 aliphatic carbocycles. The molecule has 0 N–H and O–H groups in total. The second-order valence-electron chi connectivity index (χ2n) is 2.77. The van der Waals surface area contributed by atoms with Gasteiger partial charge in [0.05, 0.1) is 11.6 Å². The van der Waals surface area contributed by atoms with Crippen molar-refractivity contribution in [3.8, 4) is 11.3 Å². The molecule has 2 rings (SSSR count). The molecule has 0 bridgehead atoms. The summed E-state index contributed by atoms with van der Waals surface area (Å²) < 4.78 is 1.07. The van der Waals surface area contributed by atoms with E-state index in [0.717, 1.165) is 20.7 Å². The summed E-state index contributed by atoms with van der Waals surface area (Å²) >= 11 is 10.7. The van der Waals surface area contributed by atoms with Crippen molar-refractivity contribution in [1.29, 1.82) is 0 Å². The van der Waals surface area contributed by atoms with Gasteiger partial charge in [0.25, 0.3) is 0 Å². The minimum atomic E-state index is 0.485. The molecular formula is C10H7BrClNS. The van der Waals surface area contributed by atoms with E-state index >= 15 is 0 Å². The molecule has 0 saturated carbocycles. The first-order valence-electron chi connectivity index (χ1n) is 4.06. The fraction of sp³-hybridized carbons (Fsp3) is 0.100. The summed E-state index contributed by atoms with van der Waals surface area (Å²) in [7, 11) is 0. The third kappa shape index (κ3) is 2.16. The molecule has 1 aromatic heterocycles. The molecule has 0 amide bonds. The Morgan fingerprint density at radius 3 is 2.93 bits per heavy atom. The second-order valence-corrected chi connectivity index (χ2v) is 4.90. The van der Waals surface area contributed by atoms with Crippen LogP contribution in [0, 0.1) is 0 Å². The van der Waals surface area contributed by atoms with Crippen LogP contribution in [0.15, 0.2) is 34.1 Å². The Hall–Kier alpha value is -0.380. The first-order valence-corrected chi connectivity index (χ1v) is 6.26. The molecule has 0 atom stereocenters. The zero-order valence-corrected chi connectivity index (χ0v) is 10.4. The molecule has 0 saturated heterocycles. The highest BCUT2D eigenvalue weighted by molar-refractivity contribution is 9.10. The molecule has 0 radical (unpaired) electrons. The number of alkyl halides is 1. The maximum atomic E-state index is 5.70. The van der Waals surface area contributed by atoms with E-state index in [1.54, 1.807) is 11.3 Å². The topological polar surface area (TPSA) is 12.9 Å². The summed E-state index contributed by atoms with van der Waals surface area (Å²) in [6.45, 7) is 0. The lowest BCUT2D eigenvalue weighted by Gasteiger charge is -1.96. The molecule has 1 nitrogen and oxygen atoms in total. The van der Waals surface area contributed by atoms with Crippen LogP contribution in [0.1, 0.15) is 5.01 Å². The molecule has 0 fully saturated rings. The van der Waals surface area contributed by atoms with Crippen molar-refractivity contribution >= 4 is 38.9 Å². The lowest BCUT2D eigenvalue weighted by atomic mass is 10.2. The van der Waals surface area contributed by atoms with E-state index in [-0.39, 0.29) is 0 Å². The van der Waals surface area contributed by atoms with Gasteiger partial charge in [0, 0.05) is 15.4 Å². The lowest BCUT2D eigenvalue weighted by Crippen LogP contribution is -1.79. The number of nitrogens with zero attached hydrogens (tertiary/aromatic N) is 1. The fourth-order valence-electron chi connectivity index (χ4n) is 1.15. The average Bonchev–Trinajstić information content (AvgIpc) is 2.66. The predicted octanol–water partition coefficient (Wildman–Crippen LogP) is 4.31. The van der Waals surface area contributed by atoms with Gasteiger partial charge in [0.2, 0.25) is 0 Å². The van der Waals surface area contributed by atoms with Crippen molar-refractivity contribution in [2.45, 2.75) is 5.88 Å². The van der Waals surface area contributed by atoms with E-state index in [2.05, 4.69) is 20.9 Å². The molecule has 1 heterocycles. The molecule has 4 heteroatoms. The quantitative estimate of drug-likeness (QED) is 0.750. The summed E-state index contributed by atoms with van der Waals surface area (Å²) in [6.07, 6.45) is 0. The third-order valence-electron chi connectivity index (χ3n) is 1.79. The van der Waals surface area contributed by atoms with Crippen molar-refractivity contribution in [3.05, 3.63) is 39.1 Å².